The third-order valence-electron chi connectivity index (χ3n) is 2.42. The van der Waals surface area contributed by atoms with Crippen molar-refractivity contribution < 1.29 is 9.18 Å². The Labute approximate surface area is 101 Å². The van der Waals surface area contributed by atoms with Crippen molar-refractivity contribution in [3.8, 4) is 0 Å². The van der Waals surface area contributed by atoms with Crippen LogP contribution in [-0.4, -0.2) is 25.0 Å². The van der Waals surface area contributed by atoms with Crippen molar-refractivity contribution in [1.29, 1.82) is 0 Å². The molecule has 0 saturated carbocycles. The van der Waals surface area contributed by atoms with Crippen LogP contribution < -0.4 is 10.6 Å². The molecule has 0 aliphatic carbocycles. The second-order valence-corrected chi connectivity index (χ2v) is 4.07. The van der Waals surface area contributed by atoms with Crippen LogP contribution in [0.2, 0.25) is 0 Å². The summed E-state index contributed by atoms with van der Waals surface area (Å²) >= 11 is 0. The van der Waals surface area contributed by atoms with E-state index in [1.807, 2.05) is 19.9 Å². The van der Waals surface area contributed by atoms with Crippen LogP contribution in [0.15, 0.2) is 24.3 Å². The molecule has 17 heavy (non-hydrogen) atoms. The lowest BCUT2D eigenvalue weighted by molar-refractivity contribution is -0.120. The number of carbonyl (C=O) groups is 1. The summed E-state index contributed by atoms with van der Waals surface area (Å²) in [4.78, 5) is 11.2. The van der Waals surface area contributed by atoms with Crippen molar-refractivity contribution in [3.05, 3.63) is 35.6 Å². The van der Waals surface area contributed by atoms with E-state index >= 15 is 0 Å². The Morgan fingerprint density at radius 1 is 1.47 bits per heavy atom. The van der Waals surface area contributed by atoms with Crippen LogP contribution in [0.1, 0.15) is 19.4 Å². The fourth-order valence-corrected chi connectivity index (χ4v) is 1.62. The third-order valence-corrected chi connectivity index (χ3v) is 2.42. The monoisotopic (exact) mass is 238 g/mol. The molecule has 0 spiro atoms. The van der Waals surface area contributed by atoms with Gasteiger partial charge in [0.15, 0.2) is 0 Å². The summed E-state index contributed by atoms with van der Waals surface area (Å²) in [6.45, 7) is 4.79. The molecule has 2 N–H and O–H groups in total. The number of likely N-dealkylation sites (N-methyl/N-ethyl adjacent to an activating group) is 1. The van der Waals surface area contributed by atoms with E-state index in [0.29, 0.717) is 19.5 Å². The largest absolute Gasteiger partial charge is 0.355 e. The maximum Gasteiger partial charge on any atom is 0.233 e. The summed E-state index contributed by atoms with van der Waals surface area (Å²) in [5.41, 5.74) is 0.931. The van der Waals surface area contributed by atoms with Gasteiger partial charge in [-0.15, -0.1) is 0 Å². The van der Waals surface area contributed by atoms with Gasteiger partial charge >= 0.3 is 0 Å². The van der Waals surface area contributed by atoms with Crippen molar-refractivity contribution in [2.75, 3.05) is 13.1 Å². The van der Waals surface area contributed by atoms with E-state index in [-0.39, 0.29) is 17.8 Å². The summed E-state index contributed by atoms with van der Waals surface area (Å²) in [6.07, 6.45) is 0.706. The van der Waals surface area contributed by atoms with E-state index in [1.165, 1.54) is 12.1 Å². The van der Waals surface area contributed by atoms with Gasteiger partial charge in [0, 0.05) is 12.6 Å². The summed E-state index contributed by atoms with van der Waals surface area (Å²) < 4.78 is 12.9. The topological polar surface area (TPSA) is 41.1 Å². The van der Waals surface area contributed by atoms with Gasteiger partial charge in [-0.2, -0.15) is 0 Å². The van der Waals surface area contributed by atoms with E-state index in [4.69, 9.17) is 0 Å². The first-order valence-electron chi connectivity index (χ1n) is 5.86. The Morgan fingerprint density at radius 2 is 2.24 bits per heavy atom. The summed E-state index contributed by atoms with van der Waals surface area (Å²) in [5, 5.41) is 5.81. The Bertz CT molecular complexity index is 368. The molecule has 1 aromatic rings. The second kappa shape index (κ2) is 7.01. The third kappa shape index (κ3) is 5.45. The van der Waals surface area contributed by atoms with Crippen LogP contribution in [0, 0.1) is 5.82 Å². The Balaban J connectivity index is 2.34. The molecule has 0 bridgehead atoms. The fraction of sp³-hybridized carbons (Fsp3) is 0.462. The molecule has 0 radical (unpaired) electrons. The van der Waals surface area contributed by atoms with Crippen molar-refractivity contribution >= 4 is 5.91 Å². The molecule has 1 aromatic carbocycles. The van der Waals surface area contributed by atoms with Gasteiger partial charge in [-0.05, 0) is 38.0 Å². The predicted octanol–water partition coefficient (Wildman–Crippen LogP) is 1.48. The molecule has 0 aliphatic rings. The van der Waals surface area contributed by atoms with Crippen molar-refractivity contribution in [2.45, 2.75) is 26.3 Å². The lowest BCUT2D eigenvalue weighted by Gasteiger charge is -2.13. The van der Waals surface area contributed by atoms with Crippen molar-refractivity contribution in [1.82, 2.24) is 10.6 Å². The first-order valence-corrected chi connectivity index (χ1v) is 5.86. The van der Waals surface area contributed by atoms with Crippen LogP contribution in [-0.2, 0) is 11.2 Å². The van der Waals surface area contributed by atoms with Gasteiger partial charge in [0.25, 0.3) is 0 Å². The number of rotatable bonds is 6. The van der Waals surface area contributed by atoms with Crippen LogP contribution in [0.5, 0.6) is 0 Å². The SMILES string of the molecule is CCNC(=O)CNC(C)Cc1cccc(F)c1. The maximum atomic E-state index is 12.9. The van der Waals surface area contributed by atoms with E-state index < -0.39 is 0 Å². The molecule has 0 aliphatic heterocycles. The molecular formula is C13H19FN2O. The molecule has 1 rings (SSSR count). The number of hydrogen-bond donors (Lipinski definition) is 2. The molecule has 1 unspecified atom stereocenters. The number of nitrogens with one attached hydrogen (secondary N) is 2. The average Bonchev–Trinajstić information content (AvgIpc) is 2.27. The summed E-state index contributed by atoms with van der Waals surface area (Å²) in [7, 11) is 0. The molecule has 4 heteroatoms. The molecule has 1 atom stereocenters. The van der Waals surface area contributed by atoms with Gasteiger partial charge in [0.2, 0.25) is 5.91 Å². The number of benzene rings is 1. The molecule has 1 amide bonds. The zero-order chi connectivity index (χ0) is 12.7. The predicted molar refractivity (Wildman–Crippen MR) is 66.3 cm³/mol. The van der Waals surface area contributed by atoms with E-state index in [1.54, 1.807) is 6.07 Å². The van der Waals surface area contributed by atoms with Gasteiger partial charge < -0.3 is 10.6 Å². The number of carbonyl (C=O) groups excluding carboxylic acids is 1. The molecule has 0 heterocycles. The van der Waals surface area contributed by atoms with Gasteiger partial charge in [0.05, 0.1) is 6.54 Å². The normalized spacial score (nSPS) is 12.2. The lowest BCUT2D eigenvalue weighted by Crippen LogP contribution is -2.38. The Morgan fingerprint density at radius 3 is 2.88 bits per heavy atom. The van der Waals surface area contributed by atoms with E-state index in [9.17, 15) is 9.18 Å². The van der Waals surface area contributed by atoms with Gasteiger partial charge in [-0.25, -0.2) is 4.39 Å². The summed E-state index contributed by atoms with van der Waals surface area (Å²) in [6, 6.07) is 6.66. The number of amides is 1. The molecular weight excluding hydrogens is 219 g/mol. The van der Waals surface area contributed by atoms with Crippen molar-refractivity contribution in [2.24, 2.45) is 0 Å². The van der Waals surface area contributed by atoms with Gasteiger partial charge in [0.1, 0.15) is 5.82 Å². The van der Waals surface area contributed by atoms with Gasteiger partial charge in [-0.1, -0.05) is 12.1 Å². The summed E-state index contributed by atoms with van der Waals surface area (Å²) in [5.74, 6) is -0.239. The maximum absolute atomic E-state index is 12.9. The van der Waals surface area contributed by atoms with E-state index in [2.05, 4.69) is 10.6 Å². The zero-order valence-electron chi connectivity index (χ0n) is 10.3. The highest BCUT2D eigenvalue weighted by atomic mass is 19.1. The first kappa shape index (κ1) is 13.6. The van der Waals surface area contributed by atoms with Crippen LogP contribution >= 0.6 is 0 Å². The number of halogens is 1. The molecule has 94 valence electrons. The number of hydrogen-bond acceptors (Lipinski definition) is 2. The van der Waals surface area contributed by atoms with Crippen LogP contribution in [0.3, 0.4) is 0 Å². The van der Waals surface area contributed by atoms with Crippen LogP contribution in [0.4, 0.5) is 4.39 Å². The molecule has 0 saturated heterocycles. The lowest BCUT2D eigenvalue weighted by atomic mass is 10.1. The van der Waals surface area contributed by atoms with Gasteiger partial charge in [-0.3, -0.25) is 4.79 Å². The van der Waals surface area contributed by atoms with E-state index in [0.717, 1.165) is 5.56 Å². The zero-order valence-corrected chi connectivity index (χ0v) is 10.3. The minimum atomic E-state index is -0.224. The highest BCUT2D eigenvalue weighted by Gasteiger charge is 2.06. The fourth-order valence-electron chi connectivity index (χ4n) is 1.62. The minimum Gasteiger partial charge on any atom is -0.355 e. The average molecular weight is 238 g/mol. The molecule has 0 fully saturated rings. The smallest absolute Gasteiger partial charge is 0.233 e. The van der Waals surface area contributed by atoms with Crippen molar-refractivity contribution in [3.63, 3.8) is 0 Å². The molecule has 3 nitrogen and oxygen atoms in total. The quantitative estimate of drug-likeness (QED) is 0.788. The first-order chi connectivity index (χ1) is 8.11. The highest BCUT2D eigenvalue weighted by Crippen LogP contribution is 2.06. The Kier molecular flexibility index (Phi) is 5.63. The minimum absolute atomic E-state index is 0.0152. The second-order valence-electron chi connectivity index (χ2n) is 4.07. The standard InChI is InChI=1S/C13H19FN2O/c1-3-15-13(17)9-16-10(2)7-11-5-4-6-12(14)8-11/h4-6,8,10,16H,3,7,9H2,1-2H3,(H,15,17). The highest BCUT2D eigenvalue weighted by molar-refractivity contribution is 5.77. The molecule has 0 aromatic heterocycles. The van der Waals surface area contributed by atoms with Crippen LogP contribution in [0.25, 0.3) is 0 Å². The Hall–Kier alpha value is -1.42.